The van der Waals surface area contributed by atoms with Crippen molar-refractivity contribution < 1.29 is 9.53 Å². The number of nitrogen functional groups attached to an aromatic ring is 1. The van der Waals surface area contributed by atoms with Crippen molar-refractivity contribution in [2.45, 2.75) is 43.7 Å². The Labute approximate surface area is 167 Å². The van der Waals surface area contributed by atoms with Crippen molar-refractivity contribution in [3.8, 4) is 5.75 Å². The summed E-state index contributed by atoms with van der Waals surface area (Å²) in [6.45, 7) is 4.32. The Morgan fingerprint density at radius 1 is 1.14 bits per heavy atom. The van der Waals surface area contributed by atoms with Crippen LogP contribution < -0.4 is 20.7 Å². The van der Waals surface area contributed by atoms with Crippen molar-refractivity contribution in [1.82, 2.24) is 10.2 Å². The minimum absolute atomic E-state index is 0.108. The quantitative estimate of drug-likeness (QED) is 0.601. The minimum Gasteiger partial charge on any atom is -0.495 e. The number of ether oxygens (including phenoxy) is 1. The average molecular weight is 385 g/mol. The van der Waals surface area contributed by atoms with E-state index in [9.17, 15) is 4.79 Å². The van der Waals surface area contributed by atoms with Crippen molar-refractivity contribution in [3.05, 3.63) is 18.2 Å². The zero-order valence-corrected chi connectivity index (χ0v) is 16.8. The van der Waals surface area contributed by atoms with Gasteiger partial charge in [0.25, 0.3) is 0 Å². The third-order valence-corrected chi connectivity index (χ3v) is 7.91. The maximum Gasteiger partial charge on any atom is 0.207 e. The fraction of sp³-hybridized carbons (Fsp3) is 0.682. The van der Waals surface area contributed by atoms with Gasteiger partial charge in [-0.3, -0.25) is 9.69 Å². The Bertz CT molecular complexity index is 730. The highest BCUT2D eigenvalue weighted by atomic mass is 16.5. The van der Waals surface area contributed by atoms with E-state index < -0.39 is 0 Å². The molecule has 1 aliphatic heterocycles. The maximum absolute atomic E-state index is 11.2. The molecule has 152 valence electrons. The lowest BCUT2D eigenvalue weighted by Gasteiger charge is -2.62. The Kier molecular flexibility index (Phi) is 4.42. The number of nitrogens with one attached hydrogen (secondary N) is 1. The Morgan fingerprint density at radius 3 is 2.50 bits per heavy atom. The van der Waals surface area contributed by atoms with Gasteiger partial charge in [0.1, 0.15) is 5.75 Å². The number of carbonyl (C=O) groups is 1. The molecule has 5 aliphatic rings. The SMILES string of the molecule is COc1cc(N2CCN(C3C4CC5CC3CC(NC=O)(C5)C4)CC2)ccc1N. The van der Waals surface area contributed by atoms with Crippen LogP contribution >= 0.6 is 0 Å². The summed E-state index contributed by atoms with van der Waals surface area (Å²) in [6.07, 6.45) is 7.23. The van der Waals surface area contributed by atoms with E-state index in [1.165, 1.54) is 37.8 Å². The van der Waals surface area contributed by atoms with Crippen LogP contribution in [-0.2, 0) is 4.79 Å². The van der Waals surface area contributed by atoms with Gasteiger partial charge in [0.05, 0.1) is 12.8 Å². The first-order valence-electron chi connectivity index (χ1n) is 10.7. The highest BCUT2D eigenvalue weighted by Crippen LogP contribution is 2.57. The van der Waals surface area contributed by atoms with Crippen molar-refractivity contribution in [3.63, 3.8) is 0 Å². The molecular weight excluding hydrogens is 352 g/mol. The number of benzene rings is 1. The molecule has 3 N–H and O–H groups in total. The third kappa shape index (κ3) is 2.93. The van der Waals surface area contributed by atoms with E-state index in [1.54, 1.807) is 7.11 Å². The molecule has 1 amide bonds. The van der Waals surface area contributed by atoms with Crippen LogP contribution in [-0.4, -0.2) is 56.2 Å². The number of nitrogens with two attached hydrogens (primary N) is 1. The molecule has 6 heteroatoms. The van der Waals surface area contributed by atoms with E-state index in [0.29, 0.717) is 11.7 Å². The third-order valence-electron chi connectivity index (χ3n) is 7.91. The second-order valence-electron chi connectivity index (χ2n) is 9.45. The molecule has 0 spiro atoms. The minimum atomic E-state index is 0.108. The van der Waals surface area contributed by atoms with Crippen LogP contribution in [0, 0.1) is 17.8 Å². The van der Waals surface area contributed by atoms with Gasteiger partial charge in [-0.1, -0.05) is 0 Å². The molecule has 5 fully saturated rings. The molecule has 0 radical (unpaired) electrons. The highest BCUT2D eigenvalue weighted by molar-refractivity contribution is 5.62. The normalized spacial score (nSPS) is 37.1. The average Bonchev–Trinajstić information content (AvgIpc) is 2.68. The van der Waals surface area contributed by atoms with E-state index >= 15 is 0 Å². The molecule has 4 saturated carbocycles. The van der Waals surface area contributed by atoms with E-state index in [4.69, 9.17) is 10.5 Å². The standard InChI is InChI=1S/C22H32N4O2/c1-28-20-10-18(2-3-19(20)23)25-4-6-26(7-5-25)21-16-8-15-9-17(21)13-22(11-15,12-16)24-14-27/h2-3,10,14-17,21H,4-9,11-13,23H2,1H3,(H,24,27). The first kappa shape index (κ1) is 18.1. The van der Waals surface area contributed by atoms with Crippen LogP contribution in [0.4, 0.5) is 11.4 Å². The molecule has 6 rings (SSSR count). The molecule has 4 bridgehead atoms. The van der Waals surface area contributed by atoms with Gasteiger partial charge in [0.15, 0.2) is 0 Å². The van der Waals surface area contributed by atoms with E-state index in [2.05, 4.69) is 27.2 Å². The second-order valence-corrected chi connectivity index (χ2v) is 9.45. The molecule has 28 heavy (non-hydrogen) atoms. The van der Waals surface area contributed by atoms with Gasteiger partial charge in [-0.15, -0.1) is 0 Å². The van der Waals surface area contributed by atoms with Crippen LogP contribution in [0.25, 0.3) is 0 Å². The van der Waals surface area contributed by atoms with Crippen LogP contribution in [0.15, 0.2) is 18.2 Å². The zero-order chi connectivity index (χ0) is 19.3. The largest absolute Gasteiger partial charge is 0.495 e. The zero-order valence-electron chi connectivity index (χ0n) is 16.8. The lowest BCUT2D eigenvalue weighted by atomic mass is 9.50. The number of rotatable bonds is 5. The predicted molar refractivity (Wildman–Crippen MR) is 110 cm³/mol. The number of hydrogen-bond acceptors (Lipinski definition) is 5. The fourth-order valence-electron chi connectivity index (χ4n) is 7.07. The number of nitrogens with zero attached hydrogens (tertiary/aromatic N) is 2. The number of carbonyl (C=O) groups excluding carboxylic acids is 1. The summed E-state index contributed by atoms with van der Waals surface area (Å²) in [4.78, 5) is 16.4. The molecule has 1 saturated heterocycles. The molecule has 1 aromatic carbocycles. The lowest BCUT2D eigenvalue weighted by molar-refractivity contribution is -0.120. The Hall–Kier alpha value is -1.95. The fourth-order valence-corrected chi connectivity index (χ4v) is 7.07. The lowest BCUT2D eigenvalue weighted by Crippen LogP contribution is -2.67. The highest BCUT2D eigenvalue weighted by Gasteiger charge is 2.56. The Morgan fingerprint density at radius 2 is 1.86 bits per heavy atom. The van der Waals surface area contributed by atoms with E-state index in [-0.39, 0.29) is 5.54 Å². The number of anilines is 2. The van der Waals surface area contributed by atoms with E-state index in [0.717, 1.165) is 56.1 Å². The molecule has 1 aromatic rings. The van der Waals surface area contributed by atoms with Crippen molar-refractivity contribution in [2.75, 3.05) is 43.9 Å². The Balaban J connectivity index is 1.26. The van der Waals surface area contributed by atoms with Crippen molar-refractivity contribution >= 4 is 17.8 Å². The van der Waals surface area contributed by atoms with Crippen molar-refractivity contribution in [1.29, 1.82) is 0 Å². The first-order chi connectivity index (χ1) is 13.6. The first-order valence-corrected chi connectivity index (χ1v) is 10.7. The molecule has 1 heterocycles. The van der Waals surface area contributed by atoms with Crippen LogP contribution in [0.1, 0.15) is 32.1 Å². The van der Waals surface area contributed by atoms with Gasteiger partial charge in [0.2, 0.25) is 6.41 Å². The van der Waals surface area contributed by atoms with Crippen LogP contribution in [0.5, 0.6) is 5.75 Å². The molecule has 2 atom stereocenters. The topological polar surface area (TPSA) is 70.8 Å². The van der Waals surface area contributed by atoms with Crippen LogP contribution in [0.2, 0.25) is 0 Å². The van der Waals surface area contributed by atoms with Gasteiger partial charge in [0, 0.05) is 49.5 Å². The van der Waals surface area contributed by atoms with Crippen LogP contribution in [0.3, 0.4) is 0 Å². The predicted octanol–water partition coefficient (Wildman–Crippen LogP) is 2.09. The number of hydrogen-bond donors (Lipinski definition) is 2. The summed E-state index contributed by atoms with van der Waals surface area (Å²) in [5.41, 5.74) is 7.97. The smallest absolute Gasteiger partial charge is 0.207 e. The van der Waals surface area contributed by atoms with Crippen molar-refractivity contribution in [2.24, 2.45) is 17.8 Å². The maximum atomic E-state index is 11.2. The number of amides is 1. The van der Waals surface area contributed by atoms with Gasteiger partial charge in [-0.25, -0.2) is 0 Å². The molecule has 4 aliphatic carbocycles. The summed E-state index contributed by atoms with van der Waals surface area (Å²) in [6, 6.07) is 6.81. The summed E-state index contributed by atoms with van der Waals surface area (Å²) in [5, 5.41) is 3.23. The van der Waals surface area contributed by atoms with Gasteiger partial charge < -0.3 is 20.7 Å². The number of methoxy groups -OCH3 is 1. The molecule has 0 aromatic heterocycles. The van der Waals surface area contributed by atoms with Gasteiger partial charge in [-0.2, -0.15) is 0 Å². The summed E-state index contributed by atoms with van der Waals surface area (Å²) in [5.74, 6) is 3.09. The monoisotopic (exact) mass is 384 g/mol. The van der Waals surface area contributed by atoms with Gasteiger partial charge in [-0.05, 0) is 62.0 Å². The second kappa shape index (κ2) is 6.83. The summed E-state index contributed by atoms with van der Waals surface area (Å²) >= 11 is 0. The van der Waals surface area contributed by atoms with E-state index in [1.807, 2.05) is 6.07 Å². The molecular formula is C22H32N4O2. The summed E-state index contributed by atoms with van der Waals surface area (Å²) in [7, 11) is 1.67. The molecule has 2 unspecified atom stereocenters. The van der Waals surface area contributed by atoms with Gasteiger partial charge >= 0.3 is 0 Å². The molecule has 6 nitrogen and oxygen atoms in total. The number of piperazine rings is 1. The summed E-state index contributed by atoms with van der Waals surface area (Å²) < 4.78 is 5.39.